The predicted octanol–water partition coefficient (Wildman–Crippen LogP) is 7.05. The van der Waals surface area contributed by atoms with Gasteiger partial charge in [0.25, 0.3) is 5.91 Å². The largest absolute Gasteiger partial charge is 0.481 e. The highest BCUT2D eigenvalue weighted by Gasteiger charge is 2.19. The van der Waals surface area contributed by atoms with E-state index in [9.17, 15) is 9.59 Å². The summed E-state index contributed by atoms with van der Waals surface area (Å²) in [5.74, 6) is -0.217. The average Bonchev–Trinajstić information content (AvgIpc) is 2.81. The number of benzene rings is 3. The van der Waals surface area contributed by atoms with Gasteiger partial charge in [0.1, 0.15) is 5.58 Å². The molecule has 0 atom stereocenters. The summed E-state index contributed by atoms with van der Waals surface area (Å²) in [6.07, 6.45) is 0. The molecule has 1 heterocycles. The zero-order valence-electron chi connectivity index (χ0n) is 17.7. The molecule has 0 spiro atoms. The van der Waals surface area contributed by atoms with Crippen LogP contribution in [0.4, 0.5) is 5.69 Å². The van der Waals surface area contributed by atoms with Gasteiger partial charge in [0.2, 0.25) is 0 Å². The third-order valence-electron chi connectivity index (χ3n) is 5.16. The van der Waals surface area contributed by atoms with Crippen molar-refractivity contribution in [2.45, 2.75) is 13.8 Å². The van der Waals surface area contributed by atoms with Crippen molar-refractivity contribution in [1.29, 1.82) is 0 Å². The maximum Gasteiger partial charge on any atom is 0.344 e. The number of nitrogens with one attached hydrogen (secondary N) is 1. The quantitative estimate of drug-likeness (QED) is 0.297. The van der Waals surface area contributed by atoms with Gasteiger partial charge in [-0.2, -0.15) is 0 Å². The SMILES string of the molecule is Cc1c(Cl)c(C)c(Cl)c(OCC(=O)Nc2cccc(-c3cc4ccccc4oc3=O)c2)c1Cl. The zero-order chi connectivity index (χ0) is 23.7. The summed E-state index contributed by atoms with van der Waals surface area (Å²) in [5.41, 5.74) is 2.80. The molecule has 1 amide bonds. The predicted molar refractivity (Wildman–Crippen MR) is 133 cm³/mol. The van der Waals surface area contributed by atoms with Crippen molar-refractivity contribution in [3.05, 3.63) is 91.2 Å². The van der Waals surface area contributed by atoms with Crippen LogP contribution in [0.25, 0.3) is 22.1 Å². The van der Waals surface area contributed by atoms with Gasteiger partial charge in [-0.15, -0.1) is 0 Å². The number of carbonyl (C=O) groups is 1. The highest BCUT2D eigenvalue weighted by atomic mass is 35.5. The number of carbonyl (C=O) groups excluding carboxylic acids is 1. The molecule has 0 saturated carbocycles. The van der Waals surface area contributed by atoms with Crippen molar-refractivity contribution in [3.8, 4) is 16.9 Å². The Bertz CT molecular complexity index is 1420. The van der Waals surface area contributed by atoms with Gasteiger partial charge in [-0.25, -0.2) is 4.79 Å². The first-order chi connectivity index (χ1) is 15.8. The standard InChI is InChI=1S/C25H18Cl3NO4/c1-13-21(26)14(2)23(28)24(22(13)27)32-12-20(30)29-17-8-5-7-15(10-17)18-11-16-6-3-4-9-19(16)33-25(18)31/h3-11H,12H2,1-2H3,(H,29,30). The lowest BCUT2D eigenvalue weighted by Gasteiger charge is -2.15. The highest BCUT2D eigenvalue weighted by molar-refractivity contribution is 6.42. The second-order valence-corrected chi connectivity index (χ2v) is 8.56. The summed E-state index contributed by atoms with van der Waals surface area (Å²) in [6, 6.07) is 15.9. The maximum absolute atomic E-state index is 12.5. The lowest BCUT2D eigenvalue weighted by atomic mass is 10.1. The summed E-state index contributed by atoms with van der Waals surface area (Å²) in [6.45, 7) is 3.17. The average molecular weight is 503 g/mol. The van der Waals surface area contributed by atoms with Gasteiger partial charge in [-0.1, -0.05) is 65.1 Å². The first-order valence-corrected chi connectivity index (χ1v) is 11.1. The molecular formula is C25H18Cl3NO4. The molecule has 0 saturated heterocycles. The number of fused-ring (bicyclic) bond motifs is 1. The monoisotopic (exact) mass is 501 g/mol. The van der Waals surface area contributed by atoms with Crippen LogP contribution in [0.5, 0.6) is 5.75 Å². The fourth-order valence-electron chi connectivity index (χ4n) is 3.40. The van der Waals surface area contributed by atoms with Gasteiger partial charge in [-0.3, -0.25) is 4.79 Å². The first kappa shape index (κ1) is 23.2. The van der Waals surface area contributed by atoms with E-state index < -0.39 is 11.5 Å². The van der Waals surface area contributed by atoms with Gasteiger partial charge in [-0.05, 0) is 54.8 Å². The molecule has 4 rings (SSSR count). The van der Waals surface area contributed by atoms with E-state index in [1.54, 1.807) is 56.3 Å². The number of hydrogen-bond acceptors (Lipinski definition) is 4. The molecule has 8 heteroatoms. The van der Waals surface area contributed by atoms with E-state index in [1.165, 1.54) is 0 Å². The Hall–Kier alpha value is -2.99. The first-order valence-electron chi connectivity index (χ1n) is 9.96. The van der Waals surface area contributed by atoms with E-state index in [1.807, 2.05) is 12.1 Å². The normalized spacial score (nSPS) is 10.9. The van der Waals surface area contributed by atoms with E-state index in [2.05, 4.69) is 5.32 Å². The Balaban J connectivity index is 1.53. The van der Waals surface area contributed by atoms with E-state index in [0.717, 1.165) is 5.39 Å². The molecule has 0 bridgehead atoms. The van der Waals surface area contributed by atoms with Crippen molar-refractivity contribution >= 4 is 57.4 Å². The molecule has 4 aromatic rings. The topological polar surface area (TPSA) is 68.5 Å². The van der Waals surface area contributed by atoms with Crippen LogP contribution in [0.3, 0.4) is 0 Å². The number of ether oxygens (including phenoxy) is 1. The van der Waals surface area contributed by atoms with Gasteiger partial charge < -0.3 is 14.5 Å². The molecule has 0 radical (unpaired) electrons. The molecule has 1 aromatic heterocycles. The van der Waals surface area contributed by atoms with E-state index >= 15 is 0 Å². The number of anilines is 1. The molecule has 0 aliphatic rings. The second-order valence-electron chi connectivity index (χ2n) is 7.42. The van der Waals surface area contributed by atoms with Gasteiger partial charge in [0.15, 0.2) is 12.4 Å². The van der Waals surface area contributed by atoms with Crippen molar-refractivity contribution in [2.24, 2.45) is 0 Å². The van der Waals surface area contributed by atoms with Crippen molar-refractivity contribution < 1.29 is 13.9 Å². The Morgan fingerprint density at radius 1 is 0.939 bits per heavy atom. The molecule has 0 fully saturated rings. The fourth-order valence-corrected chi connectivity index (χ4v) is 4.22. The van der Waals surface area contributed by atoms with Crippen LogP contribution in [-0.4, -0.2) is 12.5 Å². The van der Waals surface area contributed by atoms with Gasteiger partial charge in [0.05, 0.1) is 15.6 Å². The van der Waals surface area contributed by atoms with Crippen LogP contribution in [0.2, 0.25) is 15.1 Å². The van der Waals surface area contributed by atoms with Gasteiger partial charge >= 0.3 is 5.63 Å². The van der Waals surface area contributed by atoms with E-state index in [-0.39, 0.29) is 22.4 Å². The van der Waals surface area contributed by atoms with Gasteiger partial charge in [0, 0.05) is 16.1 Å². The zero-order valence-corrected chi connectivity index (χ0v) is 19.9. The second kappa shape index (κ2) is 9.48. The molecule has 33 heavy (non-hydrogen) atoms. The Morgan fingerprint density at radius 3 is 2.36 bits per heavy atom. The smallest absolute Gasteiger partial charge is 0.344 e. The maximum atomic E-state index is 12.5. The molecule has 168 valence electrons. The summed E-state index contributed by atoms with van der Waals surface area (Å²) in [5, 5.41) is 4.52. The highest BCUT2D eigenvalue weighted by Crippen LogP contribution is 2.42. The van der Waals surface area contributed by atoms with Crippen molar-refractivity contribution in [2.75, 3.05) is 11.9 Å². The van der Waals surface area contributed by atoms with Crippen LogP contribution in [0.15, 0.2) is 63.8 Å². The molecular weight excluding hydrogens is 485 g/mol. The summed E-state index contributed by atoms with van der Waals surface area (Å²) in [4.78, 5) is 25.0. The van der Waals surface area contributed by atoms with E-state index in [4.69, 9.17) is 44.0 Å². The summed E-state index contributed by atoms with van der Waals surface area (Å²) < 4.78 is 11.0. The number of rotatable bonds is 5. The summed E-state index contributed by atoms with van der Waals surface area (Å²) >= 11 is 18.8. The number of hydrogen-bond donors (Lipinski definition) is 1. The third-order valence-corrected chi connectivity index (χ3v) is 6.64. The molecule has 0 unspecified atom stereocenters. The summed E-state index contributed by atoms with van der Waals surface area (Å²) in [7, 11) is 0. The molecule has 0 aliphatic heterocycles. The minimum Gasteiger partial charge on any atom is -0.481 e. The molecule has 0 aliphatic carbocycles. The van der Waals surface area contributed by atoms with Crippen LogP contribution in [0.1, 0.15) is 11.1 Å². The lowest BCUT2D eigenvalue weighted by Crippen LogP contribution is -2.20. The Labute approximate surface area is 204 Å². The number of amides is 1. The molecule has 1 N–H and O–H groups in total. The lowest BCUT2D eigenvalue weighted by molar-refractivity contribution is -0.118. The Morgan fingerprint density at radius 2 is 1.64 bits per heavy atom. The third kappa shape index (κ3) is 4.71. The fraction of sp³-hybridized carbons (Fsp3) is 0.120. The van der Waals surface area contributed by atoms with Crippen LogP contribution in [0, 0.1) is 13.8 Å². The molecule has 5 nitrogen and oxygen atoms in total. The van der Waals surface area contributed by atoms with E-state index in [0.29, 0.717) is 38.5 Å². The van der Waals surface area contributed by atoms with Crippen molar-refractivity contribution in [3.63, 3.8) is 0 Å². The van der Waals surface area contributed by atoms with Crippen molar-refractivity contribution in [1.82, 2.24) is 0 Å². The number of halogens is 3. The van der Waals surface area contributed by atoms with Crippen LogP contribution >= 0.6 is 34.8 Å². The number of para-hydroxylation sites is 1. The van der Waals surface area contributed by atoms with Crippen LogP contribution in [-0.2, 0) is 4.79 Å². The minimum atomic E-state index is -0.460. The van der Waals surface area contributed by atoms with Crippen LogP contribution < -0.4 is 15.7 Å². The molecule has 3 aromatic carbocycles. The minimum absolute atomic E-state index is 0.204. The Kier molecular flexibility index (Phi) is 6.66.